The lowest BCUT2D eigenvalue weighted by atomic mass is 9.95. The Balaban J connectivity index is 1.16. The van der Waals surface area contributed by atoms with Crippen LogP contribution in [0.15, 0.2) is 73.3 Å². The first-order valence-corrected chi connectivity index (χ1v) is 12.8. The summed E-state index contributed by atoms with van der Waals surface area (Å²) in [6.07, 6.45) is 9.15. The molecule has 5 heterocycles. The highest BCUT2D eigenvalue weighted by atomic mass is 19.1. The van der Waals surface area contributed by atoms with E-state index in [0.29, 0.717) is 13.1 Å². The van der Waals surface area contributed by atoms with Crippen LogP contribution in [-0.2, 0) is 6.50 Å². The van der Waals surface area contributed by atoms with E-state index in [9.17, 15) is 4.39 Å². The van der Waals surface area contributed by atoms with E-state index in [2.05, 4.69) is 25.5 Å². The molecule has 0 amide bonds. The van der Waals surface area contributed by atoms with Gasteiger partial charge in [-0.3, -0.25) is 10.00 Å². The summed E-state index contributed by atoms with van der Waals surface area (Å²) in [4.78, 5) is 5.98. The van der Waals surface area contributed by atoms with Crippen LogP contribution in [0, 0.1) is 5.82 Å². The third-order valence-corrected chi connectivity index (χ3v) is 7.29. The summed E-state index contributed by atoms with van der Waals surface area (Å²) >= 11 is 0. The maximum absolute atomic E-state index is 14.8. The van der Waals surface area contributed by atoms with Crippen molar-refractivity contribution >= 4 is 16.6 Å². The summed E-state index contributed by atoms with van der Waals surface area (Å²) in [5, 5.41) is 17.5. The van der Waals surface area contributed by atoms with Crippen molar-refractivity contribution in [2.75, 3.05) is 20.2 Å². The number of rotatable bonds is 6. The minimum atomic E-state index is -2.05. The molecule has 6 aromatic rings. The monoisotopic (exact) mass is 524 g/mol. The van der Waals surface area contributed by atoms with E-state index in [-0.39, 0.29) is 17.2 Å². The molecular formula is C29H27FN8O. The van der Waals surface area contributed by atoms with E-state index in [1.165, 1.54) is 19.2 Å². The van der Waals surface area contributed by atoms with Gasteiger partial charge in [0.05, 0.1) is 30.2 Å². The number of aromatic amines is 1. The fourth-order valence-corrected chi connectivity index (χ4v) is 5.28. The minimum absolute atomic E-state index is 0.0551. The number of piperidine rings is 1. The van der Waals surface area contributed by atoms with Gasteiger partial charge in [0.15, 0.2) is 0 Å². The number of hydrogen-bond acceptors (Lipinski definition) is 6. The Labute approximate surface area is 226 Å². The fraction of sp³-hybridized carbons (Fsp3) is 0.241. The number of methoxy groups -OCH3 is 1. The topological polar surface area (TPSA) is 89.2 Å². The molecule has 4 aromatic heterocycles. The largest absolute Gasteiger partial charge is 0.496 e. The van der Waals surface area contributed by atoms with E-state index < -0.39 is 12.3 Å². The van der Waals surface area contributed by atoms with Gasteiger partial charge in [0.1, 0.15) is 22.9 Å². The Kier molecular flexibility index (Phi) is 5.28. The number of nitrogens with one attached hydrogen (secondary N) is 1. The van der Waals surface area contributed by atoms with Crippen molar-refractivity contribution in [1.82, 2.24) is 39.5 Å². The molecule has 2 aromatic carbocycles. The molecule has 0 bridgehead atoms. The van der Waals surface area contributed by atoms with Gasteiger partial charge in [-0.1, -0.05) is 11.3 Å². The van der Waals surface area contributed by atoms with Crippen LogP contribution in [0.5, 0.6) is 5.75 Å². The second kappa shape index (κ2) is 9.63. The van der Waals surface area contributed by atoms with Gasteiger partial charge in [-0.25, -0.2) is 14.1 Å². The summed E-state index contributed by atoms with van der Waals surface area (Å²) in [6.45, 7) is -1.17. The van der Waals surface area contributed by atoms with Gasteiger partial charge in [-0.2, -0.15) is 5.10 Å². The van der Waals surface area contributed by atoms with Crippen molar-refractivity contribution in [3.05, 3.63) is 90.4 Å². The zero-order valence-corrected chi connectivity index (χ0v) is 21.3. The van der Waals surface area contributed by atoms with Crippen LogP contribution < -0.4 is 4.74 Å². The summed E-state index contributed by atoms with van der Waals surface area (Å²) in [5.41, 5.74) is 5.08. The average molecular weight is 525 g/mol. The van der Waals surface area contributed by atoms with Crippen molar-refractivity contribution in [3.8, 4) is 22.7 Å². The smallest absolute Gasteiger partial charge is 0.136 e. The number of nitrogens with zero attached hydrogens (tertiary/aromatic N) is 7. The number of H-pyrrole nitrogens is 1. The molecule has 0 saturated carbocycles. The van der Waals surface area contributed by atoms with E-state index in [0.717, 1.165) is 52.0 Å². The highest BCUT2D eigenvalue weighted by molar-refractivity contribution is 5.94. The third kappa shape index (κ3) is 4.32. The number of hydrogen-bond donors (Lipinski definition) is 1. The second-order valence-corrected chi connectivity index (χ2v) is 9.71. The van der Waals surface area contributed by atoms with E-state index in [1.54, 1.807) is 21.8 Å². The lowest BCUT2D eigenvalue weighted by molar-refractivity contribution is 0.194. The van der Waals surface area contributed by atoms with Gasteiger partial charge < -0.3 is 9.14 Å². The second-order valence-electron chi connectivity index (χ2n) is 9.71. The van der Waals surface area contributed by atoms with E-state index in [1.807, 2.05) is 53.3 Å². The summed E-state index contributed by atoms with van der Waals surface area (Å²) in [6, 6.07) is 14.3. The molecule has 9 nitrogen and oxygen atoms in total. The lowest BCUT2D eigenvalue weighted by Crippen LogP contribution is -2.34. The number of imidazole rings is 1. The molecule has 1 atom stereocenters. The third-order valence-electron chi connectivity index (χ3n) is 7.29. The zero-order chi connectivity index (χ0) is 28.1. The molecule has 1 aliphatic rings. The number of pyridine rings is 1. The standard InChI is InChI=1S/C29H27FN8O/c1-39-27-6-2-5-24(30)23(27)17-36-12-3-4-19(15-36)26-18-38(35-33-26)21-8-9-25-22(14-21)29(34-32-25)20-7-10-28-31-11-13-37(28)16-20/h2,5-11,13-14,16,18-19H,3-4,12,15,17H2,1H3,(H,32,34)/t19-/m1/s1/i17D2. The van der Waals surface area contributed by atoms with Gasteiger partial charge in [0.2, 0.25) is 0 Å². The number of aromatic nitrogens is 7. The molecule has 0 unspecified atom stereocenters. The minimum Gasteiger partial charge on any atom is -0.496 e. The molecule has 1 fully saturated rings. The highest BCUT2D eigenvalue weighted by Gasteiger charge is 2.25. The molecule has 39 heavy (non-hydrogen) atoms. The van der Waals surface area contributed by atoms with E-state index >= 15 is 0 Å². The van der Waals surface area contributed by atoms with Crippen LogP contribution >= 0.6 is 0 Å². The number of fused-ring (bicyclic) bond motifs is 2. The van der Waals surface area contributed by atoms with Crippen molar-refractivity contribution in [2.45, 2.75) is 25.3 Å². The molecule has 1 aliphatic heterocycles. The van der Waals surface area contributed by atoms with Crippen molar-refractivity contribution in [3.63, 3.8) is 0 Å². The lowest BCUT2D eigenvalue weighted by Gasteiger charge is -2.32. The first-order chi connectivity index (χ1) is 19.9. The maximum Gasteiger partial charge on any atom is 0.136 e. The Morgan fingerprint density at radius 1 is 1.18 bits per heavy atom. The highest BCUT2D eigenvalue weighted by Crippen LogP contribution is 2.31. The average Bonchev–Trinajstić information content (AvgIpc) is 3.76. The number of ether oxygens (including phenoxy) is 1. The van der Waals surface area contributed by atoms with Crippen LogP contribution in [0.25, 0.3) is 33.5 Å². The van der Waals surface area contributed by atoms with Crippen LogP contribution in [0.1, 0.15) is 32.8 Å². The van der Waals surface area contributed by atoms with E-state index in [4.69, 9.17) is 7.48 Å². The van der Waals surface area contributed by atoms with Gasteiger partial charge in [-0.15, -0.1) is 5.10 Å². The first-order valence-electron chi connectivity index (χ1n) is 13.8. The number of likely N-dealkylation sites (tertiary alicyclic amines) is 1. The molecule has 7 rings (SSSR count). The van der Waals surface area contributed by atoms with Gasteiger partial charge >= 0.3 is 0 Å². The maximum atomic E-state index is 14.8. The fourth-order valence-electron chi connectivity index (χ4n) is 5.28. The first kappa shape index (κ1) is 21.4. The van der Waals surface area contributed by atoms with Gasteiger partial charge in [-0.05, 0) is 61.9 Å². The van der Waals surface area contributed by atoms with Gasteiger partial charge in [0.25, 0.3) is 0 Å². The molecule has 1 N–H and O–H groups in total. The molecule has 0 aliphatic carbocycles. The number of halogens is 1. The summed E-state index contributed by atoms with van der Waals surface area (Å²) in [5.74, 6) is -0.483. The normalized spacial score (nSPS) is 17.4. The molecule has 10 heteroatoms. The van der Waals surface area contributed by atoms with Crippen molar-refractivity contribution in [1.29, 1.82) is 0 Å². The molecular weight excluding hydrogens is 495 g/mol. The van der Waals surface area contributed by atoms with Crippen LogP contribution in [0.4, 0.5) is 4.39 Å². The molecule has 0 spiro atoms. The predicted molar refractivity (Wildman–Crippen MR) is 145 cm³/mol. The Hall–Kier alpha value is -4.57. The van der Waals surface area contributed by atoms with Gasteiger partial charge in [0, 0.05) is 56.8 Å². The summed E-state index contributed by atoms with van der Waals surface area (Å²) in [7, 11) is 1.42. The quantitative estimate of drug-likeness (QED) is 0.330. The zero-order valence-electron chi connectivity index (χ0n) is 23.3. The van der Waals surface area contributed by atoms with Crippen molar-refractivity contribution in [2.24, 2.45) is 0 Å². The van der Waals surface area contributed by atoms with Crippen LogP contribution in [-0.4, -0.2) is 59.7 Å². The summed E-state index contributed by atoms with van der Waals surface area (Å²) < 4.78 is 41.5. The van der Waals surface area contributed by atoms with Crippen LogP contribution in [0.2, 0.25) is 0 Å². The Morgan fingerprint density at radius 3 is 3.05 bits per heavy atom. The van der Waals surface area contributed by atoms with Crippen LogP contribution in [0.3, 0.4) is 0 Å². The SMILES string of the molecule is [2H]C([2H])(c1c(F)cccc1OC)N1CCC[C@@H](c2cn(-c3ccc4[nH]nc(-c5ccc6nccn6c5)c4c3)nn2)C1. The van der Waals surface area contributed by atoms with Crippen molar-refractivity contribution < 1.29 is 11.9 Å². The molecule has 1 saturated heterocycles. The predicted octanol–water partition coefficient (Wildman–Crippen LogP) is 4.99. The number of benzene rings is 2. The molecule has 0 radical (unpaired) electrons. The Morgan fingerprint density at radius 2 is 2.13 bits per heavy atom. The molecule has 196 valence electrons. The Bertz CT molecular complexity index is 1880.